The molecule has 1 N–H and O–H groups in total. The Morgan fingerprint density at radius 3 is 2.62 bits per heavy atom. The van der Waals surface area contributed by atoms with E-state index in [-0.39, 0.29) is 12.1 Å². The lowest BCUT2D eigenvalue weighted by Gasteiger charge is -2.28. The minimum absolute atomic E-state index is 0.215. The van der Waals surface area contributed by atoms with Crippen LogP contribution in [0.4, 0.5) is 0 Å². The van der Waals surface area contributed by atoms with Gasteiger partial charge < -0.3 is 19.2 Å². The van der Waals surface area contributed by atoms with Gasteiger partial charge in [-0.05, 0) is 13.8 Å². The number of nitrogens with one attached hydrogen (secondary N) is 1. The number of H-pyrrole nitrogens is 1. The van der Waals surface area contributed by atoms with E-state index in [1.54, 1.807) is 18.2 Å². The first-order chi connectivity index (χ1) is 18.0. The molecule has 6 rings (SSSR count). The van der Waals surface area contributed by atoms with Gasteiger partial charge in [0, 0.05) is 24.8 Å². The zero-order valence-electron chi connectivity index (χ0n) is 20.6. The number of hydrogen-bond acceptors (Lipinski definition) is 7. The van der Waals surface area contributed by atoms with Gasteiger partial charge in [0.15, 0.2) is 5.82 Å². The van der Waals surface area contributed by atoms with Crippen LogP contribution in [0.15, 0.2) is 49.1 Å². The van der Waals surface area contributed by atoms with Gasteiger partial charge in [-0.3, -0.25) is 9.59 Å². The molecule has 0 saturated carbocycles. The number of fused-ring (bicyclic) bond motifs is 2. The highest BCUT2D eigenvalue weighted by Gasteiger charge is 2.32. The maximum atomic E-state index is 13.5. The Labute approximate surface area is 211 Å². The summed E-state index contributed by atoms with van der Waals surface area (Å²) in [6, 6.07) is 10.1. The minimum atomic E-state index is -0.628. The highest BCUT2D eigenvalue weighted by atomic mass is 16.5. The molecule has 11 heteroatoms. The number of carbonyl (C=O) groups is 2. The summed E-state index contributed by atoms with van der Waals surface area (Å²) in [6.07, 6.45) is 4.57. The summed E-state index contributed by atoms with van der Waals surface area (Å²) >= 11 is 0. The average Bonchev–Trinajstić information content (AvgIpc) is 3.63. The fourth-order valence-electron chi connectivity index (χ4n) is 4.92. The molecule has 0 fully saturated rings. The number of imidazole rings is 1. The number of hydrogen-bond donors (Lipinski definition) is 1. The molecule has 11 nitrogen and oxygen atoms in total. The molecule has 5 aromatic rings. The van der Waals surface area contributed by atoms with Gasteiger partial charge >= 0.3 is 0 Å². The van der Waals surface area contributed by atoms with E-state index in [4.69, 9.17) is 9.72 Å². The van der Waals surface area contributed by atoms with E-state index >= 15 is 0 Å². The maximum absolute atomic E-state index is 13.5. The van der Waals surface area contributed by atoms with Crippen molar-refractivity contribution >= 4 is 22.6 Å². The molecule has 1 aromatic carbocycles. The van der Waals surface area contributed by atoms with Crippen molar-refractivity contribution in [2.45, 2.75) is 26.9 Å². The van der Waals surface area contributed by atoms with Gasteiger partial charge in [0.05, 0.1) is 47.7 Å². The Balaban J connectivity index is 1.32. The Hall–Kier alpha value is -4.80. The van der Waals surface area contributed by atoms with Gasteiger partial charge in [-0.15, -0.1) is 0 Å². The number of amides is 1. The van der Waals surface area contributed by atoms with E-state index in [2.05, 4.69) is 24.6 Å². The van der Waals surface area contributed by atoms with Crippen molar-refractivity contribution in [3.05, 3.63) is 72.0 Å². The standard InChI is InChI=1S/C26H24N8O3/c1-15-23(17-7-5-4-6-8-17)33-10-9-32(13-20(33)30-15)26(36)24(35)18-11-27-22-21(18)19(37-3)12-28-25(22)34-14-29-16(2)31-34/h4-8,11-12,14,27H,9-10,13H2,1-3H3. The van der Waals surface area contributed by atoms with Crippen molar-refractivity contribution in [1.29, 1.82) is 0 Å². The van der Waals surface area contributed by atoms with Crippen LogP contribution in [0.3, 0.4) is 0 Å². The summed E-state index contributed by atoms with van der Waals surface area (Å²) in [6.45, 7) is 4.94. The Morgan fingerprint density at radius 2 is 1.89 bits per heavy atom. The zero-order chi connectivity index (χ0) is 25.7. The normalized spacial score (nSPS) is 13.1. The smallest absolute Gasteiger partial charge is 0.295 e. The van der Waals surface area contributed by atoms with Gasteiger partial charge in [-0.25, -0.2) is 19.6 Å². The lowest BCUT2D eigenvalue weighted by atomic mass is 10.1. The van der Waals surface area contributed by atoms with Crippen LogP contribution in [0.5, 0.6) is 5.75 Å². The first-order valence-electron chi connectivity index (χ1n) is 11.8. The fraction of sp³-hybridized carbons (Fsp3) is 0.231. The third kappa shape index (κ3) is 3.66. The monoisotopic (exact) mass is 496 g/mol. The maximum Gasteiger partial charge on any atom is 0.295 e. The van der Waals surface area contributed by atoms with Crippen LogP contribution >= 0.6 is 0 Å². The van der Waals surface area contributed by atoms with Gasteiger partial charge in [-0.1, -0.05) is 30.3 Å². The summed E-state index contributed by atoms with van der Waals surface area (Å²) < 4.78 is 9.13. The third-order valence-electron chi connectivity index (χ3n) is 6.62. The Kier molecular flexibility index (Phi) is 5.32. The van der Waals surface area contributed by atoms with Crippen LogP contribution in [0, 0.1) is 13.8 Å². The van der Waals surface area contributed by atoms with E-state index < -0.39 is 11.7 Å². The number of aromatic amines is 1. The van der Waals surface area contributed by atoms with Gasteiger partial charge in [0.25, 0.3) is 11.7 Å². The second-order valence-electron chi connectivity index (χ2n) is 8.87. The van der Waals surface area contributed by atoms with E-state index in [1.165, 1.54) is 24.2 Å². The minimum Gasteiger partial charge on any atom is -0.494 e. The molecule has 1 aliphatic rings. The molecular weight excluding hydrogens is 472 g/mol. The molecule has 0 atom stereocenters. The number of carbonyl (C=O) groups excluding carboxylic acids is 2. The highest BCUT2D eigenvalue weighted by molar-refractivity contribution is 6.45. The van der Waals surface area contributed by atoms with Crippen molar-refractivity contribution in [2.24, 2.45) is 0 Å². The number of pyridine rings is 1. The van der Waals surface area contributed by atoms with Gasteiger partial charge in [-0.2, -0.15) is 5.10 Å². The van der Waals surface area contributed by atoms with Crippen molar-refractivity contribution in [3.8, 4) is 22.8 Å². The predicted octanol–water partition coefficient (Wildman–Crippen LogP) is 2.86. The molecule has 1 aliphatic heterocycles. The number of methoxy groups -OCH3 is 1. The molecule has 0 spiro atoms. The van der Waals surface area contributed by atoms with E-state index in [1.807, 2.05) is 37.3 Å². The number of aromatic nitrogens is 7. The number of Topliss-reactive ketones (excluding diaryl/α,β-unsaturated/α-hetero) is 1. The van der Waals surface area contributed by atoms with Gasteiger partial charge in [0.1, 0.15) is 23.7 Å². The lowest BCUT2D eigenvalue weighted by molar-refractivity contribution is -0.127. The van der Waals surface area contributed by atoms with Crippen LogP contribution in [-0.4, -0.2) is 64.5 Å². The van der Waals surface area contributed by atoms with Crippen molar-refractivity contribution < 1.29 is 14.3 Å². The lowest BCUT2D eigenvalue weighted by Crippen LogP contribution is -2.42. The van der Waals surface area contributed by atoms with Crippen LogP contribution in [0.1, 0.15) is 27.7 Å². The number of rotatable bonds is 5. The predicted molar refractivity (Wildman–Crippen MR) is 134 cm³/mol. The average molecular weight is 497 g/mol. The van der Waals surface area contributed by atoms with Crippen LogP contribution in [0.2, 0.25) is 0 Å². The topological polar surface area (TPSA) is 124 Å². The number of ketones is 1. The quantitative estimate of drug-likeness (QED) is 0.293. The molecule has 0 unspecified atom stereocenters. The van der Waals surface area contributed by atoms with Crippen LogP contribution in [-0.2, 0) is 17.9 Å². The van der Waals surface area contributed by atoms with Crippen LogP contribution in [0.25, 0.3) is 28.0 Å². The molecule has 0 saturated heterocycles. The second-order valence-corrected chi connectivity index (χ2v) is 8.87. The molecule has 186 valence electrons. The van der Waals surface area contributed by atoms with Crippen molar-refractivity contribution in [1.82, 2.24) is 39.2 Å². The number of ether oxygens (including phenoxy) is 1. The molecule has 0 radical (unpaired) electrons. The van der Waals surface area contributed by atoms with Crippen molar-refractivity contribution in [3.63, 3.8) is 0 Å². The molecule has 37 heavy (non-hydrogen) atoms. The third-order valence-corrected chi connectivity index (χ3v) is 6.62. The molecule has 1 amide bonds. The van der Waals surface area contributed by atoms with Gasteiger partial charge in [0.2, 0.25) is 0 Å². The summed E-state index contributed by atoms with van der Waals surface area (Å²) in [5, 5.41) is 4.79. The summed E-state index contributed by atoms with van der Waals surface area (Å²) in [7, 11) is 1.50. The number of aryl methyl sites for hydroxylation is 2. The van der Waals surface area contributed by atoms with Crippen molar-refractivity contribution in [2.75, 3.05) is 13.7 Å². The number of benzene rings is 1. The van der Waals surface area contributed by atoms with Crippen LogP contribution < -0.4 is 4.74 Å². The van der Waals surface area contributed by atoms with E-state index in [0.29, 0.717) is 41.4 Å². The highest BCUT2D eigenvalue weighted by Crippen LogP contribution is 2.32. The zero-order valence-corrected chi connectivity index (χ0v) is 20.6. The second kappa shape index (κ2) is 8.70. The fourth-order valence-corrected chi connectivity index (χ4v) is 4.92. The number of nitrogens with zero attached hydrogens (tertiary/aromatic N) is 7. The summed E-state index contributed by atoms with van der Waals surface area (Å²) in [5.74, 6) is 0.950. The van der Waals surface area contributed by atoms with E-state index in [9.17, 15) is 9.59 Å². The first-order valence-corrected chi connectivity index (χ1v) is 11.8. The molecule has 0 bridgehead atoms. The largest absolute Gasteiger partial charge is 0.494 e. The molecular formula is C26H24N8O3. The Bertz CT molecular complexity index is 1660. The molecule has 4 aromatic heterocycles. The summed E-state index contributed by atoms with van der Waals surface area (Å²) in [4.78, 5) is 44.8. The first kappa shape index (κ1) is 22.7. The van der Waals surface area contributed by atoms with E-state index in [0.717, 1.165) is 22.8 Å². The molecule has 0 aliphatic carbocycles. The summed E-state index contributed by atoms with van der Waals surface area (Å²) in [5.41, 5.74) is 3.75. The Morgan fingerprint density at radius 1 is 1.08 bits per heavy atom. The SMILES string of the molecule is COc1cnc(-n2cnc(C)n2)c2[nH]cc(C(=O)C(=O)N3CCn4c(nc(C)c4-c4ccccc4)C3)c12. The molecule has 5 heterocycles.